The van der Waals surface area contributed by atoms with Crippen molar-refractivity contribution < 1.29 is 19.4 Å². The van der Waals surface area contributed by atoms with Crippen LogP contribution in [0.25, 0.3) is 10.9 Å². The summed E-state index contributed by atoms with van der Waals surface area (Å²) in [7, 11) is 0. The van der Waals surface area contributed by atoms with Gasteiger partial charge in [-0.1, -0.05) is 6.07 Å². The van der Waals surface area contributed by atoms with Crippen molar-refractivity contribution in [2.75, 3.05) is 6.54 Å². The number of carbonyl (C=O) groups excluding carboxylic acids is 1. The minimum Gasteiger partial charge on any atom is -0.481 e. The van der Waals surface area contributed by atoms with Crippen LogP contribution in [0.1, 0.15) is 37.8 Å². The molecule has 0 saturated carbocycles. The van der Waals surface area contributed by atoms with E-state index in [1.54, 1.807) is 27.0 Å². The number of alkyl carbamates (subject to hydrolysis) is 1. The number of carboxylic acid groups (broad SMARTS) is 1. The molecule has 1 aromatic carbocycles. The Morgan fingerprint density at radius 1 is 1.38 bits per heavy atom. The molecule has 0 aliphatic rings. The fraction of sp³-hybridized carbons (Fsp3) is 0.412. The molecular formula is C17H23N3O4. The van der Waals surface area contributed by atoms with Gasteiger partial charge in [0.05, 0.1) is 5.92 Å². The lowest BCUT2D eigenvalue weighted by atomic mass is 9.98. The van der Waals surface area contributed by atoms with Crippen molar-refractivity contribution >= 4 is 23.0 Å². The number of aliphatic carboxylic acids is 1. The molecule has 0 saturated heterocycles. The van der Waals surface area contributed by atoms with Crippen LogP contribution >= 0.6 is 0 Å². The molecule has 0 fully saturated rings. The first kappa shape index (κ1) is 17.8. The third-order valence-electron chi connectivity index (χ3n) is 3.52. The van der Waals surface area contributed by atoms with Crippen LogP contribution in [0.2, 0.25) is 0 Å². The summed E-state index contributed by atoms with van der Waals surface area (Å²) in [5.41, 5.74) is 7.33. The number of fused-ring (bicyclic) bond motifs is 1. The van der Waals surface area contributed by atoms with Gasteiger partial charge in [0.2, 0.25) is 0 Å². The molecule has 0 bridgehead atoms. The Kier molecular flexibility index (Phi) is 5.14. The van der Waals surface area contributed by atoms with Gasteiger partial charge in [-0.15, -0.1) is 0 Å². The van der Waals surface area contributed by atoms with Crippen LogP contribution in [0.5, 0.6) is 0 Å². The van der Waals surface area contributed by atoms with Crippen LogP contribution in [0, 0.1) is 0 Å². The van der Waals surface area contributed by atoms with Crippen molar-refractivity contribution in [3.63, 3.8) is 0 Å². The quantitative estimate of drug-likeness (QED) is 0.670. The molecule has 7 nitrogen and oxygen atoms in total. The molecule has 7 heteroatoms. The van der Waals surface area contributed by atoms with Gasteiger partial charge in [-0.3, -0.25) is 4.79 Å². The second-order valence-corrected chi connectivity index (χ2v) is 6.61. The Hall–Kier alpha value is -2.54. The number of hydrogen-bond donors (Lipinski definition) is 4. The van der Waals surface area contributed by atoms with Crippen molar-refractivity contribution in [1.29, 1.82) is 0 Å². The monoisotopic (exact) mass is 333 g/mol. The maximum atomic E-state index is 11.7. The first-order valence-electron chi connectivity index (χ1n) is 7.71. The highest BCUT2D eigenvalue weighted by atomic mass is 16.6. The minimum atomic E-state index is -0.962. The molecular weight excluding hydrogens is 310 g/mol. The largest absolute Gasteiger partial charge is 0.481 e. The van der Waals surface area contributed by atoms with E-state index < -0.39 is 23.6 Å². The number of carbonyl (C=O) groups is 2. The van der Waals surface area contributed by atoms with Crippen LogP contribution in [0.4, 0.5) is 4.79 Å². The molecule has 0 spiro atoms. The zero-order valence-electron chi connectivity index (χ0n) is 14.1. The fourth-order valence-electron chi connectivity index (χ4n) is 2.44. The maximum Gasteiger partial charge on any atom is 0.407 e. The highest BCUT2D eigenvalue weighted by molar-refractivity contribution is 5.90. The zero-order chi connectivity index (χ0) is 17.9. The van der Waals surface area contributed by atoms with Gasteiger partial charge >= 0.3 is 12.1 Å². The lowest BCUT2D eigenvalue weighted by Crippen LogP contribution is -2.32. The Morgan fingerprint density at radius 2 is 2.08 bits per heavy atom. The average molecular weight is 333 g/mol. The van der Waals surface area contributed by atoms with E-state index in [9.17, 15) is 14.7 Å². The number of nitrogens with one attached hydrogen (secondary N) is 2. The average Bonchev–Trinajstić information content (AvgIpc) is 2.87. The highest BCUT2D eigenvalue weighted by Gasteiger charge is 2.21. The van der Waals surface area contributed by atoms with Gasteiger partial charge in [0, 0.05) is 30.2 Å². The second-order valence-electron chi connectivity index (χ2n) is 6.61. The molecule has 1 unspecified atom stereocenters. The summed E-state index contributed by atoms with van der Waals surface area (Å²) in [5, 5.41) is 12.8. The van der Waals surface area contributed by atoms with E-state index in [-0.39, 0.29) is 13.1 Å². The SMILES string of the molecule is CC(C)(C)OC(=O)NCc1ccc2[nH]cc(C(CN)C(=O)O)c2c1. The van der Waals surface area contributed by atoms with E-state index in [4.69, 9.17) is 10.5 Å². The number of aromatic amines is 1. The number of nitrogens with two attached hydrogens (primary N) is 1. The van der Waals surface area contributed by atoms with Crippen molar-refractivity contribution in [1.82, 2.24) is 10.3 Å². The standard InChI is InChI=1S/C17H23N3O4/c1-17(2,3)24-16(23)20-8-10-4-5-14-11(6-10)13(9-19-14)12(7-18)15(21)22/h4-6,9,12,19H,7-8,18H2,1-3H3,(H,20,23)(H,21,22). The third kappa shape index (κ3) is 4.26. The molecule has 1 atom stereocenters. The number of H-pyrrole nitrogens is 1. The zero-order valence-corrected chi connectivity index (χ0v) is 14.1. The Morgan fingerprint density at radius 3 is 2.67 bits per heavy atom. The van der Waals surface area contributed by atoms with Crippen molar-refractivity contribution in [3.8, 4) is 0 Å². The van der Waals surface area contributed by atoms with E-state index in [1.807, 2.05) is 18.2 Å². The molecule has 1 aromatic heterocycles. The third-order valence-corrected chi connectivity index (χ3v) is 3.52. The predicted molar refractivity (Wildman–Crippen MR) is 90.8 cm³/mol. The molecule has 0 aliphatic carbocycles. The van der Waals surface area contributed by atoms with Gasteiger partial charge in [0.15, 0.2) is 0 Å². The molecule has 0 aliphatic heterocycles. The maximum absolute atomic E-state index is 11.7. The van der Waals surface area contributed by atoms with Crippen LogP contribution < -0.4 is 11.1 Å². The van der Waals surface area contributed by atoms with E-state index in [2.05, 4.69) is 10.3 Å². The normalized spacial score (nSPS) is 12.8. The highest BCUT2D eigenvalue weighted by Crippen LogP contribution is 2.26. The molecule has 130 valence electrons. The molecule has 2 aromatic rings. The second kappa shape index (κ2) is 6.92. The number of amides is 1. The van der Waals surface area contributed by atoms with E-state index in [0.717, 1.165) is 16.5 Å². The summed E-state index contributed by atoms with van der Waals surface area (Å²) in [6.45, 7) is 5.69. The fourth-order valence-corrected chi connectivity index (χ4v) is 2.44. The Labute approximate surface area is 140 Å². The molecule has 2 rings (SSSR count). The smallest absolute Gasteiger partial charge is 0.407 e. The van der Waals surface area contributed by atoms with Crippen LogP contribution in [0.15, 0.2) is 24.4 Å². The van der Waals surface area contributed by atoms with Crippen molar-refractivity contribution in [3.05, 3.63) is 35.5 Å². The summed E-state index contributed by atoms with van der Waals surface area (Å²) in [4.78, 5) is 26.1. The lowest BCUT2D eigenvalue weighted by molar-refractivity contribution is -0.138. The number of rotatable bonds is 5. The van der Waals surface area contributed by atoms with E-state index >= 15 is 0 Å². The Bertz CT molecular complexity index is 746. The van der Waals surface area contributed by atoms with Crippen LogP contribution in [-0.2, 0) is 16.1 Å². The molecule has 1 amide bonds. The number of aromatic nitrogens is 1. The summed E-state index contributed by atoms with van der Waals surface area (Å²) in [6, 6.07) is 5.56. The summed E-state index contributed by atoms with van der Waals surface area (Å²) >= 11 is 0. The summed E-state index contributed by atoms with van der Waals surface area (Å²) in [5.74, 6) is -1.73. The molecule has 5 N–H and O–H groups in total. The predicted octanol–water partition coefficient (Wildman–Crippen LogP) is 2.32. The van der Waals surface area contributed by atoms with Gasteiger partial charge < -0.3 is 25.9 Å². The minimum absolute atomic E-state index is 0.0165. The summed E-state index contributed by atoms with van der Waals surface area (Å²) in [6.07, 6.45) is 1.17. The van der Waals surface area contributed by atoms with Crippen molar-refractivity contribution in [2.24, 2.45) is 5.73 Å². The first-order chi connectivity index (χ1) is 11.2. The van der Waals surface area contributed by atoms with E-state index in [0.29, 0.717) is 5.56 Å². The van der Waals surface area contributed by atoms with E-state index in [1.165, 1.54) is 0 Å². The molecule has 1 heterocycles. The van der Waals surface area contributed by atoms with Crippen LogP contribution in [0.3, 0.4) is 0 Å². The van der Waals surface area contributed by atoms with Crippen molar-refractivity contribution in [2.45, 2.75) is 38.8 Å². The van der Waals surface area contributed by atoms with Crippen LogP contribution in [-0.4, -0.2) is 34.3 Å². The van der Waals surface area contributed by atoms with Gasteiger partial charge in [-0.2, -0.15) is 0 Å². The van der Waals surface area contributed by atoms with Gasteiger partial charge in [0.25, 0.3) is 0 Å². The number of hydrogen-bond acceptors (Lipinski definition) is 4. The van der Waals surface area contributed by atoms with Gasteiger partial charge in [0.1, 0.15) is 5.60 Å². The molecule has 24 heavy (non-hydrogen) atoms. The number of ether oxygens (including phenoxy) is 1. The topological polar surface area (TPSA) is 117 Å². The lowest BCUT2D eigenvalue weighted by Gasteiger charge is -2.19. The molecule has 0 radical (unpaired) electrons. The van der Waals surface area contributed by atoms with Gasteiger partial charge in [-0.05, 0) is 44.0 Å². The van der Waals surface area contributed by atoms with Gasteiger partial charge in [-0.25, -0.2) is 4.79 Å². The first-order valence-corrected chi connectivity index (χ1v) is 7.71. The summed E-state index contributed by atoms with van der Waals surface area (Å²) < 4.78 is 5.19. The number of carboxylic acids is 1. The Balaban J connectivity index is 2.18. The number of benzene rings is 1.